The Kier molecular flexibility index (Phi) is 6.24. The number of hydrogen-bond donors (Lipinski definition) is 0. The zero-order valence-corrected chi connectivity index (χ0v) is 17.8. The number of nitrogens with zero attached hydrogens (tertiary/aromatic N) is 2. The van der Waals surface area contributed by atoms with Gasteiger partial charge in [0.05, 0.1) is 14.2 Å². The number of rotatable bonds is 4. The molecule has 1 aliphatic rings. The molecular weight excluding hydrogens is 424 g/mol. The van der Waals surface area contributed by atoms with E-state index in [1.54, 1.807) is 36.2 Å². The Hall–Kier alpha value is -2.54. The van der Waals surface area contributed by atoms with Crippen molar-refractivity contribution in [3.8, 4) is 11.5 Å². The standard InChI is InChI=1S/C21H23BrN2O4/c1-14-4-6-15(7-5-14)20(25)23-8-10-24(11-9-23)21(26)16-12-17(27-2)19(22)18(13-16)28-3/h4-7,12-13H,8-11H2,1-3H3. The van der Waals surface area contributed by atoms with Gasteiger partial charge in [0.15, 0.2) is 0 Å². The second kappa shape index (κ2) is 8.65. The van der Waals surface area contributed by atoms with E-state index in [4.69, 9.17) is 9.47 Å². The minimum absolute atomic E-state index is 0.000853. The summed E-state index contributed by atoms with van der Waals surface area (Å²) in [5.74, 6) is 0.970. The van der Waals surface area contributed by atoms with Crippen LogP contribution in [0.1, 0.15) is 26.3 Å². The van der Waals surface area contributed by atoms with Crippen molar-refractivity contribution in [2.75, 3.05) is 40.4 Å². The van der Waals surface area contributed by atoms with Gasteiger partial charge in [0.2, 0.25) is 0 Å². The molecule has 2 aromatic rings. The van der Waals surface area contributed by atoms with Gasteiger partial charge in [-0.05, 0) is 47.1 Å². The molecule has 0 aromatic heterocycles. The van der Waals surface area contributed by atoms with E-state index in [9.17, 15) is 9.59 Å². The molecule has 7 heteroatoms. The van der Waals surface area contributed by atoms with Crippen LogP contribution in [-0.4, -0.2) is 62.0 Å². The van der Waals surface area contributed by atoms with Gasteiger partial charge in [-0.3, -0.25) is 9.59 Å². The van der Waals surface area contributed by atoms with Crippen molar-refractivity contribution in [2.24, 2.45) is 0 Å². The summed E-state index contributed by atoms with van der Waals surface area (Å²) < 4.78 is 11.3. The molecule has 3 rings (SSSR count). The third-order valence-corrected chi connectivity index (χ3v) is 5.63. The molecule has 0 saturated carbocycles. The van der Waals surface area contributed by atoms with E-state index in [0.29, 0.717) is 53.3 Å². The molecule has 0 spiro atoms. The van der Waals surface area contributed by atoms with Gasteiger partial charge in [0.25, 0.3) is 11.8 Å². The summed E-state index contributed by atoms with van der Waals surface area (Å²) in [4.78, 5) is 29.1. The first kappa shape index (κ1) is 20.2. The number of carbonyl (C=O) groups excluding carboxylic acids is 2. The fraction of sp³-hybridized carbons (Fsp3) is 0.333. The quantitative estimate of drug-likeness (QED) is 0.722. The summed E-state index contributed by atoms with van der Waals surface area (Å²) in [6, 6.07) is 10.9. The number of ether oxygens (including phenoxy) is 2. The Balaban J connectivity index is 1.68. The summed E-state index contributed by atoms with van der Waals surface area (Å²) in [6.45, 7) is 3.96. The van der Waals surface area contributed by atoms with Crippen LogP contribution in [0.2, 0.25) is 0 Å². The Bertz CT molecular complexity index is 849. The Labute approximate surface area is 173 Å². The maximum atomic E-state index is 12.9. The lowest BCUT2D eigenvalue weighted by molar-refractivity contribution is 0.0535. The maximum absolute atomic E-state index is 12.9. The van der Waals surface area contributed by atoms with Crippen molar-refractivity contribution in [1.82, 2.24) is 9.80 Å². The molecule has 1 saturated heterocycles. The zero-order chi connectivity index (χ0) is 20.3. The van der Waals surface area contributed by atoms with E-state index in [0.717, 1.165) is 5.56 Å². The number of piperazine rings is 1. The van der Waals surface area contributed by atoms with Crippen LogP contribution in [-0.2, 0) is 0 Å². The highest BCUT2D eigenvalue weighted by atomic mass is 79.9. The Morgan fingerprint density at radius 1 is 0.821 bits per heavy atom. The highest BCUT2D eigenvalue weighted by Gasteiger charge is 2.26. The second-order valence-corrected chi connectivity index (χ2v) is 7.44. The van der Waals surface area contributed by atoms with Gasteiger partial charge in [-0.1, -0.05) is 17.7 Å². The lowest BCUT2D eigenvalue weighted by Gasteiger charge is -2.35. The fourth-order valence-corrected chi connectivity index (χ4v) is 3.72. The largest absolute Gasteiger partial charge is 0.495 e. The van der Waals surface area contributed by atoms with E-state index in [1.165, 1.54) is 0 Å². The first-order valence-electron chi connectivity index (χ1n) is 9.01. The third-order valence-electron chi connectivity index (χ3n) is 4.85. The van der Waals surface area contributed by atoms with Crippen LogP contribution in [0, 0.1) is 6.92 Å². The van der Waals surface area contributed by atoms with Crippen molar-refractivity contribution in [3.63, 3.8) is 0 Å². The van der Waals surface area contributed by atoms with Gasteiger partial charge in [-0.25, -0.2) is 0 Å². The molecule has 1 aliphatic heterocycles. The van der Waals surface area contributed by atoms with Crippen LogP contribution in [0.25, 0.3) is 0 Å². The molecule has 1 heterocycles. The zero-order valence-electron chi connectivity index (χ0n) is 16.2. The average molecular weight is 447 g/mol. The molecule has 0 atom stereocenters. The van der Waals surface area contributed by atoms with Gasteiger partial charge < -0.3 is 19.3 Å². The molecule has 0 aliphatic carbocycles. The van der Waals surface area contributed by atoms with Gasteiger partial charge in [0, 0.05) is 37.3 Å². The third kappa shape index (κ3) is 4.14. The first-order valence-corrected chi connectivity index (χ1v) is 9.80. The normalized spacial score (nSPS) is 14.0. The van der Waals surface area contributed by atoms with Crippen molar-refractivity contribution in [2.45, 2.75) is 6.92 Å². The van der Waals surface area contributed by atoms with E-state index >= 15 is 0 Å². The molecule has 0 radical (unpaired) electrons. The number of hydrogen-bond acceptors (Lipinski definition) is 4. The molecule has 0 bridgehead atoms. The molecule has 0 unspecified atom stereocenters. The molecule has 0 N–H and O–H groups in total. The van der Waals surface area contributed by atoms with Gasteiger partial charge in [-0.2, -0.15) is 0 Å². The van der Waals surface area contributed by atoms with Crippen LogP contribution in [0.5, 0.6) is 11.5 Å². The Morgan fingerprint density at radius 3 is 1.68 bits per heavy atom. The molecule has 1 fully saturated rings. The monoisotopic (exact) mass is 446 g/mol. The summed E-state index contributed by atoms with van der Waals surface area (Å²) >= 11 is 3.41. The lowest BCUT2D eigenvalue weighted by atomic mass is 10.1. The first-order chi connectivity index (χ1) is 13.4. The molecule has 28 heavy (non-hydrogen) atoms. The number of halogens is 1. The minimum atomic E-state index is -0.105. The topological polar surface area (TPSA) is 59.1 Å². The Morgan fingerprint density at radius 2 is 1.25 bits per heavy atom. The molecular formula is C21H23BrN2O4. The lowest BCUT2D eigenvalue weighted by Crippen LogP contribution is -2.50. The number of aryl methyl sites for hydroxylation is 1. The SMILES string of the molecule is COc1cc(C(=O)N2CCN(C(=O)c3ccc(C)cc3)CC2)cc(OC)c1Br. The van der Waals surface area contributed by atoms with Gasteiger partial charge in [-0.15, -0.1) is 0 Å². The predicted molar refractivity (Wildman–Crippen MR) is 110 cm³/mol. The minimum Gasteiger partial charge on any atom is -0.495 e. The second-order valence-electron chi connectivity index (χ2n) is 6.65. The maximum Gasteiger partial charge on any atom is 0.254 e. The molecule has 2 amide bonds. The molecule has 6 nitrogen and oxygen atoms in total. The van der Waals surface area contributed by atoms with Gasteiger partial charge >= 0.3 is 0 Å². The molecule has 2 aromatic carbocycles. The van der Waals surface area contributed by atoms with Crippen molar-refractivity contribution < 1.29 is 19.1 Å². The number of methoxy groups -OCH3 is 2. The van der Waals surface area contributed by atoms with E-state index in [2.05, 4.69) is 15.9 Å². The summed E-state index contributed by atoms with van der Waals surface area (Å²) in [6.07, 6.45) is 0. The molecule has 148 valence electrons. The predicted octanol–water partition coefficient (Wildman–Crippen LogP) is 3.37. The number of amides is 2. The highest BCUT2D eigenvalue weighted by molar-refractivity contribution is 9.10. The van der Waals surface area contributed by atoms with Crippen LogP contribution in [0.4, 0.5) is 0 Å². The fourth-order valence-electron chi connectivity index (χ4n) is 3.17. The van der Waals surface area contributed by atoms with Crippen LogP contribution < -0.4 is 9.47 Å². The van der Waals surface area contributed by atoms with E-state index < -0.39 is 0 Å². The summed E-state index contributed by atoms with van der Waals surface area (Å²) in [7, 11) is 3.09. The smallest absolute Gasteiger partial charge is 0.254 e. The van der Waals surface area contributed by atoms with Gasteiger partial charge in [0.1, 0.15) is 16.0 Å². The summed E-state index contributed by atoms with van der Waals surface area (Å²) in [5, 5.41) is 0. The number of carbonyl (C=O) groups is 2. The van der Waals surface area contributed by atoms with Crippen molar-refractivity contribution >= 4 is 27.7 Å². The van der Waals surface area contributed by atoms with E-state index in [1.807, 2.05) is 31.2 Å². The van der Waals surface area contributed by atoms with Crippen LogP contribution in [0.15, 0.2) is 40.9 Å². The van der Waals surface area contributed by atoms with Crippen LogP contribution in [0.3, 0.4) is 0 Å². The van der Waals surface area contributed by atoms with Crippen molar-refractivity contribution in [1.29, 1.82) is 0 Å². The van der Waals surface area contributed by atoms with Crippen molar-refractivity contribution in [3.05, 3.63) is 57.6 Å². The highest BCUT2D eigenvalue weighted by Crippen LogP contribution is 2.36. The number of benzene rings is 2. The van der Waals surface area contributed by atoms with Crippen LogP contribution >= 0.6 is 15.9 Å². The summed E-state index contributed by atoms with van der Waals surface area (Å²) in [5.41, 5.74) is 2.29. The average Bonchev–Trinajstić information content (AvgIpc) is 2.73. The van der Waals surface area contributed by atoms with E-state index in [-0.39, 0.29) is 11.8 Å².